The van der Waals surface area contributed by atoms with E-state index >= 15 is 0 Å². The van der Waals surface area contributed by atoms with Crippen LogP contribution in [0.5, 0.6) is 0 Å². The highest BCUT2D eigenvalue weighted by atomic mass is 16.6. The molecule has 1 saturated heterocycles. The average Bonchev–Trinajstić information content (AvgIpc) is 2.42. The molecule has 2 heterocycles. The Bertz CT molecular complexity index is 590. The molecule has 0 bridgehead atoms. The number of anilines is 2. The fraction of sp³-hybridized carbons (Fsp3) is 0.455. The van der Waals surface area contributed by atoms with E-state index in [9.17, 15) is 19.7 Å². The maximum atomic E-state index is 11.7. The van der Waals surface area contributed by atoms with Crippen LogP contribution in [-0.2, 0) is 9.59 Å². The number of carbonyl (C=O) groups excluding carboxylic acids is 2. The van der Waals surface area contributed by atoms with Gasteiger partial charge in [0, 0.05) is 13.0 Å². The Hall–Kier alpha value is -2.78. The second kappa shape index (κ2) is 6.11. The van der Waals surface area contributed by atoms with Gasteiger partial charge in [-0.15, -0.1) is 0 Å². The fourth-order valence-corrected chi connectivity index (χ4v) is 1.85. The molecular formula is C11H14N6O4. The van der Waals surface area contributed by atoms with E-state index in [4.69, 9.17) is 0 Å². The number of hydrogen-bond donors (Lipinski definition) is 3. The van der Waals surface area contributed by atoms with Crippen molar-refractivity contribution in [3.05, 3.63) is 16.3 Å². The van der Waals surface area contributed by atoms with Gasteiger partial charge in [-0.2, -0.15) is 4.98 Å². The summed E-state index contributed by atoms with van der Waals surface area (Å²) in [4.78, 5) is 40.9. The lowest BCUT2D eigenvalue weighted by Crippen LogP contribution is -2.47. The van der Waals surface area contributed by atoms with Crippen LogP contribution < -0.4 is 16.0 Å². The lowest BCUT2D eigenvalue weighted by atomic mass is 10.1. The van der Waals surface area contributed by atoms with E-state index in [-0.39, 0.29) is 36.2 Å². The Labute approximate surface area is 119 Å². The Kier molecular flexibility index (Phi) is 4.26. The summed E-state index contributed by atoms with van der Waals surface area (Å²) in [7, 11) is 0. The highest BCUT2D eigenvalue weighted by molar-refractivity contribution is 6.01. The molecule has 0 radical (unpaired) electrons. The van der Waals surface area contributed by atoms with E-state index in [1.165, 1.54) is 0 Å². The van der Waals surface area contributed by atoms with Crippen molar-refractivity contribution in [2.75, 3.05) is 17.2 Å². The van der Waals surface area contributed by atoms with E-state index in [0.29, 0.717) is 6.54 Å². The van der Waals surface area contributed by atoms with Gasteiger partial charge in [-0.3, -0.25) is 25.0 Å². The summed E-state index contributed by atoms with van der Waals surface area (Å²) in [5.41, 5.74) is -0.332. The smallest absolute Gasteiger partial charge is 0.329 e. The molecule has 1 aromatic heterocycles. The van der Waals surface area contributed by atoms with Crippen molar-refractivity contribution in [1.82, 2.24) is 15.3 Å². The van der Waals surface area contributed by atoms with Crippen molar-refractivity contribution in [2.24, 2.45) is 0 Å². The molecule has 0 spiro atoms. The van der Waals surface area contributed by atoms with Crippen LogP contribution in [0.1, 0.15) is 19.8 Å². The maximum Gasteiger partial charge on any atom is 0.329 e. The number of piperidine rings is 1. The minimum atomic E-state index is -0.745. The third-order valence-electron chi connectivity index (χ3n) is 2.85. The molecule has 0 aromatic carbocycles. The fourth-order valence-electron chi connectivity index (χ4n) is 1.85. The van der Waals surface area contributed by atoms with Crippen molar-refractivity contribution in [1.29, 1.82) is 0 Å². The van der Waals surface area contributed by atoms with Crippen molar-refractivity contribution in [3.8, 4) is 0 Å². The Balaban J connectivity index is 2.24. The quantitative estimate of drug-likeness (QED) is 0.392. The molecule has 10 nitrogen and oxygen atoms in total. The van der Waals surface area contributed by atoms with Gasteiger partial charge < -0.3 is 10.6 Å². The molecule has 1 unspecified atom stereocenters. The topological polar surface area (TPSA) is 139 Å². The molecule has 0 saturated carbocycles. The first-order valence-corrected chi connectivity index (χ1v) is 6.36. The summed E-state index contributed by atoms with van der Waals surface area (Å²) in [5.74, 6) is -0.717. The highest BCUT2D eigenvalue weighted by Crippen LogP contribution is 2.24. The van der Waals surface area contributed by atoms with E-state index in [1.54, 1.807) is 0 Å². The van der Waals surface area contributed by atoms with E-state index in [1.807, 2.05) is 6.92 Å². The van der Waals surface area contributed by atoms with Gasteiger partial charge in [-0.1, -0.05) is 0 Å². The summed E-state index contributed by atoms with van der Waals surface area (Å²) in [5, 5.41) is 18.7. The van der Waals surface area contributed by atoms with Gasteiger partial charge in [0.2, 0.25) is 23.6 Å². The molecular weight excluding hydrogens is 280 g/mol. The minimum absolute atomic E-state index is 0.0551. The Morgan fingerprint density at radius 1 is 1.52 bits per heavy atom. The summed E-state index contributed by atoms with van der Waals surface area (Å²) >= 11 is 0. The van der Waals surface area contributed by atoms with Crippen molar-refractivity contribution in [2.45, 2.75) is 25.8 Å². The third-order valence-corrected chi connectivity index (χ3v) is 2.85. The Morgan fingerprint density at radius 2 is 2.29 bits per heavy atom. The van der Waals surface area contributed by atoms with Gasteiger partial charge in [0.05, 0.1) is 4.92 Å². The number of nitro groups is 1. The zero-order chi connectivity index (χ0) is 15.4. The van der Waals surface area contributed by atoms with Crippen molar-refractivity contribution in [3.63, 3.8) is 0 Å². The largest absolute Gasteiger partial charge is 0.354 e. The first-order valence-electron chi connectivity index (χ1n) is 6.36. The van der Waals surface area contributed by atoms with Crippen LogP contribution in [0.25, 0.3) is 0 Å². The number of nitrogens with zero attached hydrogens (tertiary/aromatic N) is 3. The van der Waals surface area contributed by atoms with Gasteiger partial charge in [-0.05, 0) is 13.3 Å². The second-order valence-electron chi connectivity index (χ2n) is 4.36. The number of rotatable bonds is 5. The molecule has 2 amide bonds. The standard InChI is InChI=1S/C11H14N6O4/c1-2-12-11-13-5-7(17(20)21)9(16-11)14-6-3-4-8(18)15-10(6)19/h5-6H,2-4H2,1H3,(H,15,18,19)(H2,12,13,14,16). The molecule has 3 N–H and O–H groups in total. The highest BCUT2D eigenvalue weighted by Gasteiger charge is 2.29. The molecule has 112 valence electrons. The third kappa shape index (κ3) is 3.41. The number of carbonyl (C=O) groups is 2. The van der Waals surface area contributed by atoms with Gasteiger partial charge in [0.1, 0.15) is 12.2 Å². The molecule has 1 aliphatic heterocycles. The van der Waals surface area contributed by atoms with Gasteiger partial charge >= 0.3 is 5.69 Å². The van der Waals surface area contributed by atoms with E-state index in [0.717, 1.165) is 6.20 Å². The lowest BCUT2D eigenvalue weighted by molar-refractivity contribution is -0.384. The van der Waals surface area contributed by atoms with Crippen molar-refractivity contribution < 1.29 is 14.5 Å². The van der Waals surface area contributed by atoms with Gasteiger partial charge in [0.15, 0.2) is 0 Å². The van der Waals surface area contributed by atoms with Crippen LogP contribution in [0.2, 0.25) is 0 Å². The zero-order valence-electron chi connectivity index (χ0n) is 11.3. The monoisotopic (exact) mass is 294 g/mol. The number of hydrogen-bond acceptors (Lipinski definition) is 8. The minimum Gasteiger partial charge on any atom is -0.354 e. The number of amides is 2. The molecule has 1 aromatic rings. The summed E-state index contributed by atoms with van der Waals surface area (Å²) in [6.07, 6.45) is 1.49. The zero-order valence-corrected chi connectivity index (χ0v) is 11.3. The van der Waals surface area contributed by atoms with Crippen molar-refractivity contribution >= 4 is 29.3 Å². The first kappa shape index (κ1) is 14.6. The summed E-state index contributed by atoms with van der Waals surface area (Å²) in [6, 6.07) is -0.745. The number of nitrogens with one attached hydrogen (secondary N) is 3. The molecule has 10 heteroatoms. The molecule has 1 atom stereocenters. The summed E-state index contributed by atoms with van der Waals surface area (Å²) in [6.45, 7) is 2.38. The average molecular weight is 294 g/mol. The predicted octanol–water partition coefficient (Wildman–Crippen LogP) is 0.0337. The molecule has 21 heavy (non-hydrogen) atoms. The van der Waals surface area contributed by atoms with Gasteiger partial charge in [0.25, 0.3) is 0 Å². The van der Waals surface area contributed by atoms with Crippen LogP contribution in [0, 0.1) is 10.1 Å². The van der Waals surface area contributed by atoms with E-state index in [2.05, 4.69) is 25.9 Å². The Morgan fingerprint density at radius 3 is 2.90 bits per heavy atom. The predicted molar refractivity (Wildman–Crippen MR) is 72.6 cm³/mol. The van der Waals surface area contributed by atoms with Crippen LogP contribution in [0.3, 0.4) is 0 Å². The SMILES string of the molecule is CCNc1ncc([N+](=O)[O-])c(NC2CCC(=O)NC2=O)n1. The first-order chi connectivity index (χ1) is 10.0. The van der Waals surface area contributed by atoms with Gasteiger partial charge in [-0.25, -0.2) is 4.98 Å². The molecule has 1 aliphatic rings. The maximum absolute atomic E-state index is 11.7. The number of aromatic nitrogens is 2. The van der Waals surface area contributed by atoms with Crippen LogP contribution in [-0.4, -0.2) is 39.3 Å². The molecule has 0 aliphatic carbocycles. The second-order valence-corrected chi connectivity index (χ2v) is 4.36. The van der Waals surface area contributed by atoms with Crippen LogP contribution in [0.15, 0.2) is 6.20 Å². The number of imide groups is 1. The van der Waals surface area contributed by atoms with Crippen LogP contribution in [0.4, 0.5) is 17.5 Å². The lowest BCUT2D eigenvalue weighted by Gasteiger charge is -2.22. The molecule has 1 fully saturated rings. The normalized spacial score (nSPS) is 18.0. The van der Waals surface area contributed by atoms with E-state index < -0.39 is 16.9 Å². The molecule has 2 rings (SSSR count). The summed E-state index contributed by atoms with van der Waals surface area (Å²) < 4.78 is 0. The van der Waals surface area contributed by atoms with Crippen LogP contribution >= 0.6 is 0 Å².